The number of hydrogen-bond donors (Lipinski definition) is 1. The molecule has 0 fully saturated rings. The highest BCUT2D eigenvalue weighted by Gasteiger charge is 2.14. The van der Waals surface area contributed by atoms with Crippen LogP contribution in [0.5, 0.6) is 0 Å². The Balaban J connectivity index is 2.14. The third-order valence-corrected chi connectivity index (χ3v) is 4.01. The Hall–Kier alpha value is -1.37. The summed E-state index contributed by atoms with van der Waals surface area (Å²) >= 11 is 5.67. The molecule has 1 aromatic carbocycles. The van der Waals surface area contributed by atoms with Crippen LogP contribution in [0.2, 0.25) is 0 Å². The SMILES string of the molecule is O=S(=O)(NCc1ccon1)c1cccc(CCl)c1. The number of aromatic nitrogens is 1. The average Bonchev–Trinajstić information content (AvgIpc) is 2.90. The van der Waals surface area contributed by atoms with Crippen molar-refractivity contribution in [3.63, 3.8) is 0 Å². The van der Waals surface area contributed by atoms with Crippen molar-refractivity contribution in [2.75, 3.05) is 0 Å². The summed E-state index contributed by atoms with van der Waals surface area (Å²) in [4.78, 5) is 0.184. The van der Waals surface area contributed by atoms with Crippen LogP contribution in [-0.4, -0.2) is 13.6 Å². The number of halogens is 1. The number of nitrogens with zero attached hydrogens (tertiary/aromatic N) is 1. The van der Waals surface area contributed by atoms with Gasteiger partial charge in [0.05, 0.1) is 17.1 Å². The van der Waals surface area contributed by atoms with Gasteiger partial charge in [0.2, 0.25) is 10.0 Å². The highest BCUT2D eigenvalue weighted by atomic mass is 35.5. The number of rotatable bonds is 5. The smallest absolute Gasteiger partial charge is 0.240 e. The largest absolute Gasteiger partial charge is 0.364 e. The van der Waals surface area contributed by atoms with Gasteiger partial charge < -0.3 is 4.52 Å². The van der Waals surface area contributed by atoms with Crippen LogP contribution < -0.4 is 4.72 Å². The molecule has 0 aliphatic rings. The van der Waals surface area contributed by atoms with E-state index in [2.05, 4.69) is 14.4 Å². The molecule has 1 heterocycles. The zero-order valence-corrected chi connectivity index (χ0v) is 10.9. The van der Waals surface area contributed by atoms with E-state index in [4.69, 9.17) is 11.6 Å². The van der Waals surface area contributed by atoms with Crippen molar-refractivity contribution >= 4 is 21.6 Å². The molecule has 18 heavy (non-hydrogen) atoms. The van der Waals surface area contributed by atoms with Gasteiger partial charge in [-0.05, 0) is 17.7 Å². The third-order valence-electron chi connectivity index (χ3n) is 2.30. The van der Waals surface area contributed by atoms with E-state index >= 15 is 0 Å². The van der Waals surface area contributed by atoms with Gasteiger partial charge in [-0.25, -0.2) is 13.1 Å². The number of hydrogen-bond acceptors (Lipinski definition) is 4. The summed E-state index contributed by atoms with van der Waals surface area (Å²) < 4.78 is 31.0. The van der Waals surface area contributed by atoms with Crippen LogP contribution in [0.1, 0.15) is 11.3 Å². The number of nitrogens with one attached hydrogen (secondary N) is 1. The van der Waals surface area contributed by atoms with Crippen molar-refractivity contribution in [3.05, 3.63) is 47.9 Å². The molecule has 0 radical (unpaired) electrons. The van der Waals surface area contributed by atoms with Crippen molar-refractivity contribution in [1.29, 1.82) is 0 Å². The minimum Gasteiger partial charge on any atom is -0.364 e. The highest BCUT2D eigenvalue weighted by molar-refractivity contribution is 7.89. The van der Waals surface area contributed by atoms with E-state index in [0.29, 0.717) is 5.69 Å². The Morgan fingerprint density at radius 1 is 1.33 bits per heavy atom. The van der Waals surface area contributed by atoms with E-state index in [1.807, 2.05) is 0 Å². The fourth-order valence-electron chi connectivity index (χ4n) is 1.38. The van der Waals surface area contributed by atoms with Gasteiger partial charge in [0, 0.05) is 11.9 Å². The molecule has 1 aromatic heterocycles. The van der Waals surface area contributed by atoms with E-state index in [0.717, 1.165) is 5.56 Å². The van der Waals surface area contributed by atoms with E-state index in [1.54, 1.807) is 18.2 Å². The topological polar surface area (TPSA) is 72.2 Å². The molecule has 0 atom stereocenters. The van der Waals surface area contributed by atoms with Gasteiger partial charge in [-0.2, -0.15) is 0 Å². The standard InChI is InChI=1S/C11H11ClN2O3S/c12-7-9-2-1-3-11(6-9)18(15,16)13-8-10-4-5-17-14-10/h1-6,13H,7-8H2. The first-order chi connectivity index (χ1) is 8.62. The average molecular weight is 287 g/mol. The van der Waals surface area contributed by atoms with Gasteiger partial charge in [0.25, 0.3) is 0 Å². The summed E-state index contributed by atoms with van der Waals surface area (Å²) in [7, 11) is -3.56. The Kier molecular flexibility index (Phi) is 4.00. The van der Waals surface area contributed by atoms with Crippen LogP contribution in [0.4, 0.5) is 0 Å². The van der Waals surface area contributed by atoms with Crippen LogP contribution in [0.25, 0.3) is 0 Å². The molecule has 96 valence electrons. The summed E-state index contributed by atoms with van der Waals surface area (Å²) in [5.41, 5.74) is 1.27. The number of sulfonamides is 1. The molecule has 5 nitrogen and oxygen atoms in total. The first-order valence-electron chi connectivity index (χ1n) is 5.15. The molecule has 0 aliphatic heterocycles. The molecule has 0 aliphatic carbocycles. The second-order valence-corrected chi connectivity index (χ2v) is 5.63. The van der Waals surface area contributed by atoms with Gasteiger partial charge in [-0.3, -0.25) is 0 Å². The molecule has 0 unspecified atom stereocenters. The Bertz CT molecular complexity index is 611. The number of benzene rings is 1. The summed E-state index contributed by atoms with van der Waals surface area (Å²) in [6.07, 6.45) is 1.39. The van der Waals surface area contributed by atoms with Crippen LogP contribution in [0, 0.1) is 0 Å². The van der Waals surface area contributed by atoms with Crippen molar-refractivity contribution in [1.82, 2.24) is 9.88 Å². The van der Waals surface area contributed by atoms with Crippen LogP contribution in [0.3, 0.4) is 0 Å². The lowest BCUT2D eigenvalue weighted by Crippen LogP contribution is -2.23. The number of alkyl halides is 1. The molecule has 1 N–H and O–H groups in total. The molecular weight excluding hydrogens is 276 g/mol. The monoisotopic (exact) mass is 286 g/mol. The minimum absolute atomic E-state index is 0.0872. The van der Waals surface area contributed by atoms with Crippen LogP contribution in [-0.2, 0) is 22.4 Å². The lowest BCUT2D eigenvalue weighted by molar-refractivity contribution is 0.411. The van der Waals surface area contributed by atoms with Crippen molar-refractivity contribution in [2.45, 2.75) is 17.3 Å². The predicted molar refractivity (Wildman–Crippen MR) is 66.5 cm³/mol. The normalized spacial score (nSPS) is 11.6. The quantitative estimate of drug-likeness (QED) is 0.852. The molecule has 0 amide bonds. The molecule has 0 saturated heterocycles. The van der Waals surface area contributed by atoms with Crippen LogP contribution >= 0.6 is 11.6 Å². The fourth-order valence-corrected chi connectivity index (χ4v) is 2.61. The summed E-state index contributed by atoms with van der Waals surface area (Å²) in [6.45, 7) is 0.0872. The summed E-state index contributed by atoms with van der Waals surface area (Å²) in [6, 6.07) is 8.07. The van der Waals surface area contributed by atoms with Crippen molar-refractivity contribution in [3.8, 4) is 0 Å². The molecule has 2 rings (SSSR count). The molecule has 7 heteroatoms. The summed E-state index contributed by atoms with van der Waals surface area (Å²) in [5.74, 6) is 0.270. The van der Waals surface area contributed by atoms with Gasteiger partial charge in [-0.1, -0.05) is 17.3 Å². The first-order valence-corrected chi connectivity index (χ1v) is 7.17. The van der Waals surface area contributed by atoms with Crippen molar-refractivity contribution < 1.29 is 12.9 Å². The Morgan fingerprint density at radius 3 is 2.83 bits per heavy atom. The predicted octanol–water partition coefficient (Wildman–Crippen LogP) is 1.89. The Labute approximate surface area is 110 Å². The van der Waals surface area contributed by atoms with Gasteiger partial charge in [-0.15, -0.1) is 11.6 Å². The van der Waals surface area contributed by atoms with Gasteiger partial charge in [0.15, 0.2) is 0 Å². The lowest BCUT2D eigenvalue weighted by Gasteiger charge is -2.06. The lowest BCUT2D eigenvalue weighted by atomic mass is 10.2. The fraction of sp³-hybridized carbons (Fsp3) is 0.182. The van der Waals surface area contributed by atoms with E-state index in [-0.39, 0.29) is 17.3 Å². The molecular formula is C11H11ClN2O3S. The molecule has 0 saturated carbocycles. The van der Waals surface area contributed by atoms with E-state index in [9.17, 15) is 8.42 Å². The maximum absolute atomic E-state index is 12.0. The van der Waals surface area contributed by atoms with Gasteiger partial charge in [0.1, 0.15) is 6.26 Å². The second kappa shape index (κ2) is 5.51. The van der Waals surface area contributed by atoms with E-state index in [1.165, 1.54) is 18.4 Å². The zero-order valence-electron chi connectivity index (χ0n) is 9.34. The zero-order chi connectivity index (χ0) is 13.0. The maximum atomic E-state index is 12.0. The molecule has 0 spiro atoms. The second-order valence-electron chi connectivity index (χ2n) is 3.60. The van der Waals surface area contributed by atoms with E-state index < -0.39 is 10.0 Å². The first kappa shape index (κ1) is 13.1. The maximum Gasteiger partial charge on any atom is 0.240 e. The van der Waals surface area contributed by atoms with Gasteiger partial charge >= 0.3 is 0 Å². The molecule has 0 bridgehead atoms. The summed E-state index contributed by atoms with van der Waals surface area (Å²) in [5, 5.41) is 3.62. The molecule has 2 aromatic rings. The minimum atomic E-state index is -3.56. The van der Waals surface area contributed by atoms with Crippen LogP contribution in [0.15, 0.2) is 46.0 Å². The highest BCUT2D eigenvalue weighted by Crippen LogP contribution is 2.13. The third kappa shape index (κ3) is 3.10. The Morgan fingerprint density at radius 2 is 2.17 bits per heavy atom. The van der Waals surface area contributed by atoms with Crippen molar-refractivity contribution in [2.24, 2.45) is 0 Å².